The van der Waals surface area contributed by atoms with Crippen LogP contribution in [0.25, 0.3) is 0 Å². The normalized spacial score (nSPS) is 20.1. The predicted octanol–water partition coefficient (Wildman–Crippen LogP) is -0.887. The maximum Gasteiger partial charge on any atom is 0.371 e. The lowest BCUT2D eigenvalue weighted by Gasteiger charge is -2.32. The summed E-state index contributed by atoms with van der Waals surface area (Å²) in [5, 5.41) is 10.6. The first-order valence-electron chi connectivity index (χ1n) is 6.02. The minimum atomic E-state index is -4.12. The highest BCUT2D eigenvalue weighted by Crippen LogP contribution is 2.22. The van der Waals surface area contributed by atoms with Crippen LogP contribution in [-0.4, -0.2) is 62.6 Å². The number of rotatable bonds is 4. The van der Waals surface area contributed by atoms with E-state index in [-0.39, 0.29) is 19.8 Å². The number of nitrogens with zero attached hydrogens (tertiary/aromatic N) is 1. The molecule has 0 saturated carbocycles. The van der Waals surface area contributed by atoms with Gasteiger partial charge in [0.2, 0.25) is 16.8 Å². The van der Waals surface area contributed by atoms with Gasteiger partial charge >= 0.3 is 5.97 Å². The number of carboxylic acid groups (broad SMARTS) is 1. The van der Waals surface area contributed by atoms with Crippen molar-refractivity contribution in [2.24, 2.45) is 0 Å². The minimum Gasteiger partial charge on any atom is -0.475 e. The van der Waals surface area contributed by atoms with Gasteiger partial charge in [-0.2, -0.15) is 4.31 Å². The topological polar surface area (TPSA) is 126 Å². The van der Waals surface area contributed by atoms with Gasteiger partial charge in [0.15, 0.2) is 0 Å². The summed E-state index contributed by atoms with van der Waals surface area (Å²) in [5.41, 5.74) is 0. The number of carbonyl (C=O) groups excluding carboxylic acids is 1. The fourth-order valence-corrected chi connectivity index (χ4v) is 3.41. The number of hydrogen-bond acceptors (Lipinski definition) is 6. The van der Waals surface area contributed by atoms with Crippen LogP contribution in [0.3, 0.4) is 0 Å². The third-order valence-electron chi connectivity index (χ3n) is 2.98. The van der Waals surface area contributed by atoms with Crippen LogP contribution in [0.4, 0.5) is 0 Å². The van der Waals surface area contributed by atoms with Crippen LogP contribution in [0, 0.1) is 0 Å². The van der Waals surface area contributed by atoms with Gasteiger partial charge in [-0.1, -0.05) is 0 Å². The molecule has 1 aliphatic rings. The van der Waals surface area contributed by atoms with E-state index >= 15 is 0 Å². The Kier molecular flexibility index (Phi) is 4.30. The Morgan fingerprint density at radius 3 is 2.71 bits per heavy atom. The van der Waals surface area contributed by atoms with Gasteiger partial charge in [0, 0.05) is 13.6 Å². The number of hydrogen-bond donors (Lipinski definition) is 2. The summed E-state index contributed by atoms with van der Waals surface area (Å²) in [6, 6.07) is 1.08. The molecule has 1 saturated heterocycles. The van der Waals surface area contributed by atoms with Gasteiger partial charge in [-0.25, -0.2) is 13.2 Å². The third kappa shape index (κ3) is 2.91. The molecule has 0 aromatic carbocycles. The van der Waals surface area contributed by atoms with Crippen molar-refractivity contribution in [3.63, 3.8) is 0 Å². The van der Waals surface area contributed by atoms with Crippen molar-refractivity contribution >= 4 is 21.9 Å². The van der Waals surface area contributed by atoms with Crippen molar-refractivity contribution in [2.45, 2.75) is 11.1 Å². The summed E-state index contributed by atoms with van der Waals surface area (Å²) in [4.78, 5) is 22.5. The van der Waals surface area contributed by atoms with E-state index in [1.54, 1.807) is 0 Å². The highest BCUT2D eigenvalue weighted by Gasteiger charge is 2.39. The van der Waals surface area contributed by atoms with Crippen LogP contribution in [0.1, 0.15) is 10.6 Å². The second kappa shape index (κ2) is 5.84. The Hall–Kier alpha value is -1.91. The third-order valence-corrected chi connectivity index (χ3v) is 4.77. The zero-order chi connectivity index (χ0) is 15.6. The minimum absolute atomic E-state index is 0.0243. The number of furan rings is 1. The largest absolute Gasteiger partial charge is 0.475 e. The molecule has 0 radical (unpaired) electrons. The van der Waals surface area contributed by atoms with Gasteiger partial charge in [-0.05, 0) is 12.1 Å². The highest BCUT2D eigenvalue weighted by molar-refractivity contribution is 7.89. The SMILES string of the molecule is CNC(=O)C1COCCN1S(=O)(=O)c1ccc(C(=O)O)o1. The molecular formula is C11H14N2O7S. The number of carbonyl (C=O) groups is 2. The van der Waals surface area contributed by atoms with E-state index in [2.05, 4.69) is 5.32 Å². The van der Waals surface area contributed by atoms with Gasteiger partial charge < -0.3 is 19.6 Å². The number of likely N-dealkylation sites (N-methyl/N-ethyl adjacent to an activating group) is 1. The molecule has 1 aromatic rings. The first-order valence-corrected chi connectivity index (χ1v) is 7.46. The molecule has 0 aliphatic carbocycles. The van der Waals surface area contributed by atoms with Crippen molar-refractivity contribution in [2.75, 3.05) is 26.8 Å². The molecule has 0 spiro atoms. The molecule has 21 heavy (non-hydrogen) atoms. The average Bonchev–Trinajstić information content (AvgIpc) is 2.97. The van der Waals surface area contributed by atoms with Crippen molar-refractivity contribution in [3.05, 3.63) is 17.9 Å². The molecule has 0 bridgehead atoms. The lowest BCUT2D eigenvalue weighted by Crippen LogP contribution is -2.55. The summed E-state index contributed by atoms with van der Waals surface area (Å²) < 4.78 is 35.8. The molecule has 2 N–H and O–H groups in total. The monoisotopic (exact) mass is 318 g/mol. The fourth-order valence-electron chi connectivity index (χ4n) is 1.94. The van der Waals surface area contributed by atoms with E-state index in [9.17, 15) is 18.0 Å². The standard InChI is InChI=1S/C11H14N2O7S/c1-12-10(14)7-6-19-5-4-13(7)21(17,18)9-3-2-8(20-9)11(15)16/h2-3,7H,4-6H2,1H3,(H,12,14)(H,15,16). The van der Waals surface area contributed by atoms with Crippen molar-refractivity contribution in [3.8, 4) is 0 Å². The Morgan fingerprint density at radius 2 is 2.14 bits per heavy atom. The lowest BCUT2D eigenvalue weighted by atomic mass is 10.2. The molecule has 1 amide bonds. The van der Waals surface area contributed by atoms with Crippen LogP contribution in [0.2, 0.25) is 0 Å². The average molecular weight is 318 g/mol. The molecule has 1 aromatic heterocycles. The predicted molar refractivity (Wildman–Crippen MR) is 68.2 cm³/mol. The Balaban J connectivity index is 2.35. The van der Waals surface area contributed by atoms with Crippen LogP contribution in [0.5, 0.6) is 0 Å². The molecule has 2 rings (SSSR count). The van der Waals surface area contributed by atoms with E-state index in [0.717, 1.165) is 16.4 Å². The number of morpholine rings is 1. The van der Waals surface area contributed by atoms with Crippen LogP contribution in [0.15, 0.2) is 21.6 Å². The Bertz CT molecular complexity index is 651. The van der Waals surface area contributed by atoms with Crippen molar-refractivity contribution in [1.82, 2.24) is 9.62 Å². The molecule has 2 heterocycles. The fraction of sp³-hybridized carbons (Fsp3) is 0.455. The zero-order valence-corrected chi connectivity index (χ0v) is 11.9. The summed E-state index contributed by atoms with van der Waals surface area (Å²) in [7, 11) is -2.73. The number of carboxylic acids is 1. The molecule has 116 valence electrons. The van der Waals surface area contributed by atoms with Gasteiger partial charge in [-0.3, -0.25) is 4.79 Å². The van der Waals surface area contributed by atoms with Crippen LogP contribution < -0.4 is 5.32 Å². The first-order chi connectivity index (χ1) is 9.87. The zero-order valence-electron chi connectivity index (χ0n) is 11.1. The quantitative estimate of drug-likeness (QED) is 0.737. The highest BCUT2D eigenvalue weighted by atomic mass is 32.2. The smallest absolute Gasteiger partial charge is 0.371 e. The van der Waals surface area contributed by atoms with E-state index in [4.69, 9.17) is 14.3 Å². The van der Waals surface area contributed by atoms with E-state index in [0.29, 0.717) is 0 Å². The van der Waals surface area contributed by atoms with Gasteiger partial charge in [0.1, 0.15) is 6.04 Å². The molecule has 1 aliphatic heterocycles. The van der Waals surface area contributed by atoms with Crippen molar-refractivity contribution < 1.29 is 32.3 Å². The maximum absolute atomic E-state index is 12.5. The summed E-state index contributed by atoms with van der Waals surface area (Å²) in [5.74, 6) is -2.37. The summed E-state index contributed by atoms with van der Waals surface area (Å²) in [6.45, 7) is 0.0359. The lowest BCUT2D eigenvalue weighted by molar-refractivity contribution is -0.128. The number of amides is 1. The molecule has 9 nitrogen and oxygen atoms in total. The number of aromatic carboxylic acids is 1. The van der Waals surface area contributed by atoms with E-state index < -0.39 is 38.8 Å². The molecule has 10 heteroatoms. The van der Waals surface area contributed by atoms with Crippen molar-refractivity contribution in [1.29, 1.82) is 0 Å². The Morgan fingerprint density at radius 1 is 1.43 bits per heavy atom. The molecular weight excluding hydrogens is 304 g/mol. The van der Waals surface area contributed by atoms with Gasteiger partial charge in [-0.15, -0.1) is 0 Å². The second-order valence-electron chi connectivity index (χ2n) is 4.24. The van der Waals surface area contributed by atoms with E-state index in [1.807, 2.05) is 0 Å². The number of ether oxygens (including phenoxy) is 1. The number of nitrogens with one attached hydrogen (secondary N) is 1. The molecule has 1 atom stereocenters. The molecule has 1 fully saturated rings. The Labute approximate surface area is 120 Å². The van der Waals surface area contributed by atoms with Crippen LogP contribution in [-0.2, 0) is 19.6 Å². The summed E-state index contributed by atoms with van der Waals surface area (Å²) >= 11 is 0. The van der Waals surface area contributed by atoms with Gasteiger partial charge in [0.05, 0.1) is 13.2 Å². The summed E-state index contributed by atoms with van der Waals surface area (Å²) in [6.07, 6.45) is 0. The second-order valence-corrected chi connectivity index (χ2v) is 6.07. The van der Waals surface area contributed by atoms with Crippen LogP contribution >= 0.6 is 0 Å². The first kappa shape index (κ1) is 15.5. The maximum atomic E-state index is 12.5. The van der Waals surface area contributed by atoms with Gasteiger partial charge in [0.25, 0.3) is 10.0 Å². The van der Waals surface area contributed by atoms with E-state index in [1.165, 1.54) is 7.05 Å². The number of sulfonamides is 1. The molecule has 1 unspecified atom stereocenters.